The van der Waals surface area contributed by atoms with Crippen LogP contribution in [-0.2, 0) is 4.79 Å². The van der Waals surface area contributed by atoms with Crippen molar-refractivity contribution in [2.75, 3.05) is 6.61 Å². The summed E-state index contributed by atoms with van der Waals surface area (Å²) in [5.74, 6) is 0.380. The van der Waals surface area contributed by atoms with Crippen LogP contribution in [0.2, 0.25) is 0 Å². The number of benzene rings is 1. The molecule has 0 bridgehead atoms. The molecule has 4 heteroatoms. The lowest BCUT2D eigenvalue weighted by Gasteiger charge is -2.16. The van der Waals surface area contributed by atoms with E-state index in [4.69, 9.17) is 14.6 Å². The van der Waals surface area contributed by atoms with Gasteiger partial charge in [0.15, 0.2) is 11.5 Å². The maximum atomic E-state index is 10.5. The predicted octanol–water partition coefficient (Wildman–Crippen LogP) is 2.72. The molecule has 0 saturated heterocycles. The molecule has 0 spiro atoms. The van der Waals surface area contributed by atoms with E-state index in [0.29, 0.717) is 18.1 Å². The van der Waals surface area contributed by atoms with Crippen molar-refractivity contribution in [2.24, 2.45) is 0 Å². The molecule has 4 nitrogen and oxygen atoms in total. The molecule has 0 aromatic heterocycles. The molecule has 0 heterocycles. The van der Waals surface area contributed by atoms with Crippen LogP contribution < -0.4 is 9.47 Å². The van der Waals surface area contributed by atoms with Gasteiger partial charge in [-0.25, -0.2) is 0 Å². The molecule has 0 unspecified atom stereocenters. The summed E-state index contributed by atoms with van der Waals surface area (Å²) in [6.45, 7) is 4.37. The molecule has 1 aromatic carbocycles. The fourth-order valence-electron chi connectivity index (χ4n) is 1.38. The van der Waals surface area contributed by atoms with Crippen LogP contribution in [0.5, 0.6) is 11.5 Å². The van der Waals surface area contributed by atoms with E-state index in [9.17, 15) is 4.79 Å². The van der Waals surface area contributed by atoms with Crippen molar-refractivity contribution >= 4 is 5.97 Å². The Balaban J connectivity index is 2.65. The highest BCUT2D eigenvalue weighted by Crippen LogP contribution is 2.27. The zero-order valence-corrected chi connectivity index (χ0v) is 10.2. The predicted molar refractivity (Wildman–Crippen MR) is 64.6 cm³/mol. The Morgan fingerprint density at radius 1 is 1.35 bits per heavy atom. The maximum Gasteiger partial charge on any atom is 0.307 e. The molecule has 0 aliphatic heterocycles. The number of aliphatic carboxylic acids is 1. The molecule has 1 atom stereocenters. The third-order valence-corrected chi connectivity index (χ3v) is 2.10. The second-order valence-corrected chi connectivity index (χ2v) is 3.82. The summed E-state index contributed by atoms with van der Waals surface area (Å²) in [7, 11) is 0. The summed E-state index contributed by atoms with van der Waals surface area (Å²) in [5, 5.41) is 8.66. The number of carboxylic acid groups (broad SMARTS) is 1. The molecule has 17 heavy (non-hydrogen) atoms. The number of hydrogen-bond donors (Lipinski definition) is 1. The Morgan fingerprint density at radius 3 is 2.59 bits per heavy atom. The fraction of sp³-hybridized carbons (Fsp3) is 0.462. The smallest absolute Gasteiger partial charge is 0.307 e. The standard InChI is InChI=1S/C13H18O4/c1-3-8-16-11-6-4-5-7-12(11)17-10(2)9-13(14)15/h4-7,10H,3,8-9H2,1-2H3,(H,14,15)/t10-/m0/s1. The second kappa shape index (κ2) is 6.78. The third-order valence-electron chi connectivity index (χ3n) is 2.10. The van der Waals surface area contributed by atoms with Crippen LogP contribution in [0.15, 0.2) is 24.3 Å². The molecule has 0 aliphatic rings. The number of para-hydroxylation sites is 2. The molecular formula is C13H18O4. The van der Waals surface area contributed by atoms with Gasteiger partial charge >= 0.3 is 5.97 Å². The van der Waals surface area contributed by atoms with Crippen molar-refractivity contribution in [1.29, 1.82) is 0 Å². The van der Waals surface area contributed by atoms with Crippen molar-refractivity contribution in [1.82, 2.24) is 0 Å². The summed E-state index contributed by atoms with van der Waals surface area (Å²) in [6, 6.07) is 7.29. The average molecular weight is 238 g/mol. The summed E-state index contributed by atoms with van der Waals surface area (Å²) in [4.78, 5) is 10.5. The highest BCUT2D eigenvalue weighted by atomic mass is 16.5. The fourth-order valence-corrected chi connectivity index (χ4v) is 1.38. The minimum Gasteiger partial charge on any atom is -0.490 e. The summed E-state index contributed by atoms with van der Waals surface area (Å²) < 4.78 is 11.1. The summed E-state index contributed by atoms with van der Waals surface area (Å²) in [6.07, 6.45) is 0.514. The van der Waals surface area contributed by atoms with E-state index < -0.39 is 5.97 Å². The minimum absolute atomic E-state index is 0.0257. The molecule has 0 amide bonds. The van der Waals surface area contributed by atoms with E-state index in [1.807, 2.05) is 25.1 Å². The van der Waals surface area contributed by atoms with Gasteiger partial charge in [0.1, 0.15) is 6.10 Å². The van der Waals surface area contributed by atoms with Crippen LogP contribution in [0.4, 0.5) is 0 Å². The molecule has 0 radical (unpaired) electrons. The number of ether oxygens (including phenoxy) is 2. The molecule has 0 saturated carbocycles. The molecule has 94 valence electrons. The zero-order chi connectivity index (χ0) is 12.7. The number of rotatable bonds is 7. The van der Waals surface area contributed by atoms with Crippen molar-refractivity contribution in [3.8, 4) is 11.5 Å². The third kappa shape index (κ3) is 4.76. The first-order valence-electron chi connectivity index (χ1n) is 5.73. The monoisotopic (exact) mass is 238 g/mol. The quantitative estimate of drug-likeness (QED) is 0.793. The van der Waals surface area contributed by atoms with Crippen LogP contribution in [0, 0.1) is 0 Å². The Kier molecular flexibility index (Phi) is 5.33. The van der Waals surface area contributed by atoms with E-state index in [-0.39, 0.29) is 12.5 Å². The van der Waals surface area contributed by atoms with Crippen LogP contribution >= 0.6 is 0 Å². The van der Waals surface area contributed by atoms with Crippen molar-refractivity contribution < 1.29 is 19.4 Å². The highest BCUT2D eigenvalue weighted by molar-refractivity contribution is 5.67. The van der Waals surface area contributed by atoms with Gasteiger partial charge in [0, 0.05) is 0 Å². The van der Waals surface area contributed by atoms with Gasteiger partial charge in [-0.3, -0.25) is 4.79 Å². The zero-order valence-electron chi connectivity index (χ0n) is 10.2. The number of hydrogen-bond acceptors (Lipinski definition) is 3. The van der Waals surface area contributed by atoms with Crippen LogP contribution in [0.1, 0.15) is 26.7 Å². The molecule has 1 N–H and O–H groups in total. The van der Waals surface area contributed by atoms with Crippen LogP contribution in [0.3, 0.4) is 0 Å². The lowest BCUT2D eigenvalue weighted by molar-refractivity contribution is -0.138. The van der Waals surface area contributed by atoms with E-state index in [2.05, 4.69) is 0 Å². The molecule has 1 rings (SSSR count). The van der Waals surface area contributed by atoms with Crippen molar-refractivity contribution in [2.45, 2.75) is 32.8 Å². The average Bonchev–Trinajstić information content (AvgIpc) is 2.26. The van der Waals surface area contributed by atoms with Gasteiger partial charge in [0.2, 0.25) is 0 Å². The van der Waals surface area contributed by atoms with Gasteiger partial charge in [0.05, 0.1) is 13.0 Å². The van der Waals surface area contributed by atoms with Gasteiger partial charge in [-0.1, -0.05) is 19.1 Å². The summed E-state index contributed by atoms with van der Waals surface area (Å²) >= 11 is 0. The topological polar surface area (TPSA) is 55.8 Å². The normalized spacial score (nSPS) is 11.9. The highest BCUT2D eigenvalue weighted by Gasteiger charge is 2.12. The van der Waals surface area contributed by atoms with Gasteiger partial charge < -0.3 is 14.6 Å². The van der Waals surface area contributed by atoms with Gasteiger partial charge in [-0.15, -0.1) is 0 Å². The Labute approximate surface area is 101 Å². The Morgan fingerprint density at radius 2 is 2.00 bits per heavy atom. The van der Waals surface area contributed by atoms with Crippen molar-refractivity contribution in [3.63, 3.8) is 0 Å². The number of carbonyl (C=O) groups is 1. The molecule has 0 fully saturated rings. The molecule has 0 aliphatic carbocycles. The van der Waals surface area contributed by atoms with E-state index in [1.54, 1.807) is 13.0 Å². The minimum atomic E-state index is -0.871. The first-order valence-corrected chi connectivity index (χ1v) is 5.73. The summed E-state index contributed by atoms with van der Waals surface area (Å²) in [5.41, 5.74) is 0. The number of carboxylic acids is 1. The van der Waals surface area contributed by atoms with Crippen molar-refractivity contribution in [3.05, 3.63) is 24.3 Å². The lowest BCUT2D eigenvalue weighted by atomic mass is 10.2. The van der Waals surface area contributed by atoms with Crippen LogP contribution in [0.25, 0.3) is 0 Å². The Hall–Kier alpha value is -1.71. The van der Waals surface area contributed by atoms with Gasteiger partial charge in [-0.05, 0) is 25.5 Å². The maximum absolute atomic E-state index is 10.5. The lowest BCUT2D eigenvalue weighted by Crippen LogP contribution is -2.17. The Bertz CT molecular complexity index is 362. The largest absolute Gasteiger partial charge is 0.490 e. The SMILES string of the molecule is CCCOc1ccccc1O[C@@H](C)CC(=O)O. The van der Waals surface area contributed by atoms with E-state index >= 15 is 0 Å². The van der Waals surface area contributed by atoms with Crippen LogP contribution in [-0.4, -0.2) is 23.8 Å². The molecular weight excluding hydrogens is 220 g/mol. The van der Waals surface area contributed by atoms with E-state index in [0.717, 1.165) is 6.42 Å². The van der Waals surface area contributed by atoms with Gasteiger partial charge in [-0.2, -0.15) is 0 Å². The van der Waals surface area contributed by atoms with Gasteiger partial charge in [0.25, 0.3) is 0 Å². The second-order valence-electron chi connectivity index (χ2n) is 3.82. The molecule has 1 aromatic rings. The first-order chi connectivity index (χ1) is 8.13. The first kappa shape index (κ1) is 13.4. The van der Waals surface area contributed by atoms with E-state index in [1.165, 1.54) is 0 Å².